The molecule has 1 aliphatic rings. The molecule has 0 heterocycles. The Hall–Kier alpha value is -1.07. The number of anilines is 1. The summed E-state index contributed by atoms with van der Waals surface area (Å²) in [6.45, 7) is 3.05. The van der Waals surface area contributed by atoms with Gasteiger partial charge in [0.1, 0.15) is 0 Å². The first-order valence-electron chi connectivity index (χ1n) is 6.79. The number of sulfone groups is 1. The smallest absolute Gasteiger partial charge is 0.151 e. The lowest BCUT2D eigenvalue weighted by molar-refractivity contribution is 0.270. The molecule has 1 aromatic carbocycles. The largest absolute Gasteiger partial charge is 0.398 e. The first-order valence-corrected chi connectivity index (χ1v) is 8.62. The predicted octanol–water partition coefficient (Wildman–Crippen LogP) is 1.67. The fourth-order valence-corrected chi connectivity index (χ4v) is 2.93. The molecule has 1 fully saturated rings. The van der Waals surface area contributed by atoms with Crippen LogP contribution in [-0.4, -0.2) is 37.4 Å². The molecule has 0 saturated heterocycles. The molecule has 0 aliphatic heterocycles. The van der Waals surface area contributed by atoms with Crippen molar-refractivity contribution < 1.29 is 8.42 Å². The molecule has 0 aromatic heterocycles. The zero-order chi connectivity index (χ0) is 13.9. The number of nitrogens with zero attached hydrogens (tertiary/aromatic N) is 1. The third-order valence-corrected chi connectivity index (χ3v) is 5.31. The average Bonchev–Trinajstić information content (AvgIpc) is 3.21. The molecule has 1 saturated carbocycles. The van der Waals surface area contributed by atoms with Gasteiger partial charge in [-0.1, -0.05) is 25.1 Å². The molecule has 5 heteroatoms. The van der Waals surface area contributed by atoms with Gasteiger partial charge >= 0.3 is 0 Å². The lowest BCUT2D eigenvalue weighted by Gasteiger charge is -2.22. The van der Waals surface area contributed by atoms with Crippen LogP contribution in [0.2, 0.25) is 0 Å². The van der Waals surface area contributed by atoms with Crippen LogP contribution in [0.4, 0.5) is 5.69 Å². The second kappa shape index (κ2) is 5.92. The van der Waals surface area contributed by atoms with Crippen molar-refractivity contribution in [1.29, 1.82) is 0 Å². The van der Waals surface area contributed by atoms with Gasteiger partial charge in [0.25, 0.3) is 0 Å². The highest BCUT2D eigenvalue weighted by molar-refractivity contribution is 7.91. The van der Waals surface area contributed by atoms with Crippen LogP contribution in [0, 0.1) is 0 Å². The predicted molar refractivity (Wildman–Crippen MR) is 78.6 cm³/mol. The van der Waals surface area contributed by atoms with E-state index in [4.69, 9.17) is 5.73 Å². The summed E-state index contributed by atoms with van der Waals surface area (Å²) in [5, 5.41) is 0. The Morgan fingerprint density at radius 1 is 1.32 bits per heavy atom. The van der Waals surface area contributed by atoms with Crippen molar-refractivity contribution >= 4 is 15.5 Å². The van der Waals surface area contributed by atoms with Crippen LogP contribution in [-0.2, 0) is 16.4 Å². The van der Waals surface area contributed by atoms with Crippen molar-refractivity contribution in [2.24, 2.45) is 0 Å². The van der Waals surface area contributed by atoms with E-state index in [1.807, 2.05) is 24.3 Å². The van der Waals surface area contributed by atoms with Gasteiger partial charge in [0.05, 0.1) is 5.75 Å². The van der Waals surface area contributed by atoms with Gasteiger partial charge in [-0.2, -0.15) is 0 Å². The van der Waals surface area contributed by atoms with E-state index < -0.39 is 9.84 Å². The maximum Gasteiger partial charge on any atom is 0.151 e. The maximum atomic E-state index is 11.6. The van der Waals surface area contributed by atoms with E-state index >= 15 is 0 Å². The molecule has 0 amide bonds. The summed E-state index contributed by atoms with van der Waals surface area (Å²) in [6, 6.07) is 8.33. The van der Waals surface area contributed by atoms with Gasteiger partial charge in [0, 0.05) is 30.6 Å². The number of hydrogen-bond acceptors (Lipinski definition) is 4. The van der Waals surface area contributed by atoms with E-state index in [1.165, 1.54) is 12.8 Å². The van der Waals surface area contributed by atoms with Crippen molar-refractivity contribution in [2.45, 2.75) is 32.4 Å². The molecule has 4 nitrogen and oxygen atoms in total. The summed E-state index contributed by atoms with van der Waals surface area (Å²) >= 11 is 0. The molecule has 106 valence electrons. The van der Waals surface area contributed by atoms with E-state index in [9.17, 15) is 8.42 Å². The van der Waals surface area contributed by atoms with Crippen LogP contribution in [0.5, 0.6) is 0 Å². The van der Waals surface area contributed by atoms with Crippen LogP contribution in [0.1, 0.15) is 25.3 Å². The summed E-state index contributed by atoms with van der Waals surface area (Å²) < 4.78 is 23.2. The molecule has 0 radical (unpaired) electrons. The van der Waals surface area contributed by atoms with Crippen LogP contribution in [0.3, 0.4) is 0 Å². The summed E-state index contributed by atoms with van der Waals surface area (Å²) in [5.41, 5.74) is 7.82. The Morgan fingerprint density at radius 2 is 2.00 bits per heavy atom. The third kappa shape index (κ3) is 4.21. The highest BCUT2D eigenvalue weighted by Gasteiger charge is 2.29. The molecule has 2 N–H and O–H groups in total. The Morgan fingerprint density at radius 3 is 2.58 bits per heavy atom. The first kappa shape index (κ1) is 14.3. The van der Waals surface area contributed by atoms with Gasteiger partial charge in [0.2, 0.25) is 0 Å². The summed E-state index contributed by atoms with van der Waals surface area (Å²) in [7, 11) is -2.90. The molecule has 0 atom stereocenters. The van der Waals surface area contributed by atoms with Crippen LogP contribution in [0.25, 0.3) is 0 Å². The molecular formula is C14H22N2O2S. The minimum atomic E-state index is -2.90. The number of rotatable bonds is 7. The molecular weight excluding hydrogens is 260 g/mol. The van der Waals surface area contributed by atoms with Crippen molar-refractivity contribution in [3.8, 4) is 0 Å². The maximum absolute atomic E-state index is 11.6. The fourth-order valence-electron chi connectivity index (χ4n) is 2.13. The van der Waals surface area contributed by atoms with Gasteiger partial charge in [0.15, 0.2) is 9.84 Å². The van der Waals surface area contributed by atoms with E-state index in [-0.39, 0.29) is 11.5 Å². The summed E-state index contributed by atoms with van der Waals surface area (Å²) in [5.74, 6) is 0.464. The third-order valence-electron chi connectivity index (χ3n) is 3.62. The lowest BCUT2D eigenvalue weighted by atomic mass is 10.1. The topological polar surface area (TPSA) is 63.4 Å². The van der Waals surface area contributed by atoms with Crippen LogP contribution in [0.15, 0.2) is 24.3 Å². The Kier molecular flexibility index (Phi) is 4.47. The first-order chi connectivity index (χ1) is 9.02. The number of nitrogens with two attached hydrogens (primary N) is 1. The SMILES string of the molecule is CCS(=O)(=O)CCN(Cc1ccccc1N)C1CC1. The van der Waals surface area contributed by atoms with E-state index in [0.717, 1.165) is 17.8 Å². The number of benzene rings is 1. The van der Waals surface area contributed by atoms with Crippen molar-refractivity contribution in [3.05, 3.63) is 29.8 Å². The molecule has 0 spiro atoms. The van der Waals surface area contributed by atoms with Gasteiger partial charge in [-0.3, -0.25) is 4.90 Å². The Bertz CT molecular complexity index is 524. The van der Waals surface area contributed by atoms with Gasteiger partial charge < -0.3 is 5.73 Å². The van der Waals surface area contributed by atoms with Crippen molar-refractivity contribution in [1.82, 2.24) is 4.90 Å². The van der Waals surface area contributed by atoms with E-state index in [2.05, 4.69) is 4.90 Å². The molecule has 1 aliphatic carbocycles. The molecule has 19 heavy (non-hydrogen) atoms. The molecule has 2 rings (SSSR count). The van der Waals surface area contributed by atoms with Gasteiger partial charge in [-0.15, -0.1) is 0 Å². The second-order valence-corrected chi connectivity index (χ2v) is 7.61. The quantitative estimate of drug-likeness (QED) is 0.773. The molecule has 1 aromatic rings. The average molecular weight is 282 g/mol. The van der Waals surface area contributed by atoms with Crippen molar-refractivity contribution in [3.63, 3.8) is 0 Å². The number of hydrogen-bond donors (Lipinski definition) is 1. The van der Waals surface area contributed by atoms with Gasteiger partial charge in [-0.05, 0) is 24.5 Å². The zero-order valence-electron chi connectivity index (χ0n) is 11.4. The fraction of sp³-hybridized carbons (Fsp3) is 0.571. The van der Waals surface area contributed by atoms with Crippen LogP contribution < -0.4 is 5.73 Å². The Balaban J connectivity index is 1.99. The summed E-state index contributed by atoms with van der Waals surface area (Å²) in [6.07, 6.45) is 2.33. The monoisotopic (exact) mass is 282 g/mol. The normalized spacial score (nSPS) is 15.9. The highest BCUT2D eigenvalue weighted by Crippen LogP contribution is 2.29. The van der Waals surface area contributed by atoms with Crippen molar-refractivity contribution in [2.75, 3.05) is 23.8 Å². The summed E-state index contributed by atoms with van der Waals surface area (Å²) in [4.78, 5) is 2.25. The van der Waals surface area contributed by atoms with Gasteiger partial charge in [-0.25, -0.2) is 8.42 Å². The minimum absolute atomic E-state index is 0.221. The van der Waals surface area contributed by atoms with E-state index in [1.54, 1.807) is 6.92 Å². The van der Waals surface area contributed by atoms with E-state index in [0.29, 0.717) is 12.6 Å². The molecule has 0 unspecified atom stereocenters. The molecule has 0 bridgehead atoms. The van der Waals surface area contributed by atoms with Crippen LogP contribution >= 0.6 is 0 Å². The number of nitrogen functional groups attached to an aromatic ring is 1. The Labute approximate surface area is 115 Å². The highest BCUT2D eigenvalue weighted by atomic mass is 32.2. The second-order valence-electron chi connectivity index (χ2n) is 5.14. The lowest BCUT2D eigenvalue weighted by Crippen LogP contribution is -2.31. The zero-order valence-corrected chi connectivity index (χ0v) is 12.2. The minimum Gasteiger partial charge on any atom is -0.398 e. The number of para-hydroxylation sites is 1. The standard InChI is InChI=1S/C14H22N2O2S/c1-2-19(17,18)10-9-16(13-7-8-13)11-12-5-3-4-6-14(12)15/h3-6,13H,2,7-11,15H2,1H3.